The second kappa shape index (κ2) is 11.9. The molecule has 0 aliphatic rings. The third kappa shape index (κ3) is 6.86. The van der Waals surface area contributed by atoms with Crippen LogP contribution in [0.5, 0.6) is 0 Å². The Bertz CT molecular complexity index is 1500. The number of halogens is 3. The number of nitrogens with one attached hydrogen (secondary N) is 1. The first-order valence-electron chi connectivity index (χ1n) is 11.5. The number of aliphatic carboxylic acids is 1. The first-order chi connectivity index (χ1) is 18.7. The maximum Gasteiger partial charge on any atom is 0.416 e. The van der Waals surface area contributed by atoms with Gasteiger partial charge in [0.2, 0.25) is 5.89 Å². The van der Waals surface area contributed by atoms with Gasteiger partial charge in [-0.3, -0.25) is 4.79 Å². The number of carboxylic acid groups (broad SMARTS) is 1. The van der Waals surface area contributed by atoms with Gasteiger partial charge in [0.1, 0.15) is 6.04 Å². The number of nitriles is 1. The lowest BCUT2D eigenvalue weighted by Gasteiger charge is -2.14. The highest BCUT2D eigenvalue weighted by Crippen LogP contribution is 2.33. The zero-order valence-electron chi connectivity index (χ0n) is 20.1. The van der Waals surface area contributed by atoms with Crippen molar-refractivity contribution in [3.05, 3.63) is 101 Å². The van der Waals surface area contributed by atoms with E-state index in [9.17, 15) is 27.9 Å². The highest BCUT2D eigenvalue weighted by atomic mass is 32.2. The Balaban J connectivity index is 1.61. The van der Waals surface area contributed by atoms with Crippen molar-refractivity contribution in [1.82, 2.24) is 10.3 Å². The minimum Gasteiger partial charge on any atom is -0.480 e. The maximum atomic E-state index is 13.2. The standard InChI is InChI=1S/C28H20F3N3O4S/c29-28(30,31)21-12-10-20(11-13-21)26-34-23(24(38-26)19-8-6-17(14-32)7-9-19)25(35)33-22(27(36)37)16-39-15-18-4-2-1-3-5-18/h1-13,22H,15-16H2,(H,33,35)(H,36,37). The third-order valence-corrected chi connectivity index (χ3v) is 6.68. The van der Waals surface area contributed by atoms with Gasteiger partial charge in [-0.05, 0) is 54.1 Å². The molecular weight excluding hydrogens is 531 g/mol. The van der Waals surface area contributed by atoms with Crippen molar-refractivity contribution in [1.29, 1.82) is 5.26 Å². The highest BCUT2D eigenvalue weighted by molar-refractivity contribution is 7.98. The molecule has 11 heteroatoms. The summed E-state index contributed by atoms with van der Waals surface area (Å²) in [5.74, 6) is -1.60. The summed E-state index contributed by atoms with van der Waals surface area (Å²) in [4.78, 5) is 29.3. The van der Waals surface area contributed by atoms with Gasteiger partial charge in [0, 0.05) is 22.6 Å². The number of carbonyl (C=O) groups excluding carboxylic acids is 1. The average molecular weight is 552 g/mol. The van der Waals surface area contributed by atoms with E-state index >= 15 is 0 Å². The molecule has 0 aliphatic heterocycles. The molecule has 7 nitrogen and oxygen atoms in total. The summed E-state index contributed by atoms with van der Waals surface area (Å²) < 4.78 is 44.8. The number of thioether (sulfide) groups is 1. The van der Waals surface area contributed by atoms with Crippen molar-refractivity contribution in [2.24, 2.45) is 0 Å². The van der Waals surface area contributed by atoms with E-state index < -0.39 is 29.7 Å². The Morgan fingerprint density at radius 3 is 2.23 bits per heavy atom. The van der Waals surface area contributed by atoms with Crippen LogP contribution in [0, 0.1) is 11.3 Å². The first-order valence-corrected chi connectivity index (χ1v) is 12.7. The molecule has 1 amide bonds. The predicted molar refractivity (Wildman–Crippen MR) is 139 cm³/mol. The zero-order valence-corrected chi connectivity index (χ0v) is 20.9. The second-order valence-electron chi connectivity index (χ2n) is 8.33. The van der Waals surface area contributed by atoms with Gasteiger partial charge < -0.3 is 14.8 Å². The van der Waals surface area contributed by atoms with E-state index in [1.807, 2.05) is 36.4 Å². The Morgan fingerprint density at radius 1 is 1.00 bits per heavy atom. The van der Waals surface area contributed by atoms with Crippen molar-refractivity contribution in [2.75, 3.05) is 5.75 Å². The lowest BCUT2D eigenvalue weighted by molar-refractivity contribution is -0.139. The lowest BCUT2D eigenvalue weighted by Crippen LogP contribution is -2.42. The smallest absolute Gasteiger partial charge is 0.416 e. The topological polar surface area (TPSA) is 116 Å². The number of nitrogens with zero attached hydrogens (tertiary/aromatic N) is 2. The number of rotatable bonds is 9. The van der Waals surface area contributed by atoms with Gasteiger partial charge in [-0.1, -0.05) is 30.3 Å². The van der Waals surface area contributed by atoms with E-state index in [0.717, 1.165) is 17.7 Å². The molecule has 0 bridgehead atoms. The summed E-state index contributed by atoms with van der Waals surface area (Å²) >= 11 is 1.33. The number of amides is 1. The Labute approximate surface area is 225 Å². The van der Waals surface area contributed by atoms with Crippen molar-refractivity contribution in [3.8, 4) is 28.8 Å². The fraction of sp³-hybridized carbons (Fsp3) is 0.143. The summed E-state index contributed by atoms with van der Waals surface area (Å²) in [6.07, 6.45) is -4.53. The fourth-order valence-electron chi connectivity index (χ4n) is 3.56. The van der Waals surface area contributed by atoms with E-state index in [-0.39, 0.29) is 28.7 Å². The Kier molecular flexibility index (Phi) is 8.36. The molecule has 1 heterocycles. The van der Waals surface area contributed by atoms with Crippen LogP contribution in [-0.2, 0) is 16.7 Å². The number of carboxylic acids is 1. The van der Waals surface area contributed by atoms with Gasteiger partial charge in [0.25, 0.3) is 5.91 Å². The molecule has 0 saturated heterocycles. The quantitative estimate of drug-likeness (QED) is 0.261. The number of hydrogen-bond donors (Lipinski definition) is 2. The first kappa shape index (κ1) is 27.5. The molecule has 1 aromatic heterocycles. The normalized spacial score (nSPS) is 11.9. The van der Waals surface area contributed by atoms with E-state index in [1.165, 1.54) is 48.2 Å². The molecule has 1 atom stereocenters. The van der Waals surface area contributed by atoms with Crippen molar-refractivity contribution < 1.29 is 32.3 Å². The largest absolute Gasteiger partial charge is 0.480 e. The van der Waals surface area contributed by atoms with Gasteiger partial charge in [0.15, 0.2) is 11.5 Å². The summed E-state index contributed by atoms with van der Waals surface area (Å²) in [5, 5.41) is 21.2. The number of benzene rings is 3. The number of carbonyl (C=O) groups is 2. The maximum absolute atomic E-state index is 13.2. The highest BCUT2D eigenvalue weighted by Gasteiger charge is 2.31. The van der Waals surface area contributed by atoms with E-state index in [0.29, 0.717) is 16.9 Å². The second-order valence-corrected chi connectivity index (χ2v) is 9.36. The summed E-state index contributed by atoms with van der Waals surface area (Å²) in [6, 6.07) is 20.3. The number of oxazole rings is 1. The van der Waals surface area contributed by atoms with Crippen molar-refractivity contribution in [2.45, 2.75) is 18.0 Å². The molecule has 3 aromatic carbocycles. The predicted octanol–water partition coefficient (Wildman–Crippen LogP) is 6.02. The average Bonchev–Trinajstić information content (AvgIpc) is 3.38. The van der Waals surface area contributed by atoms with Crippen molar-refractivity contribution >= 4 is 23.6 Å². The molecule has 39 heavy (non-hydrogen) atoms. The van der Waals surface area contributed by atoms with Crippen LogP contribution in [0.25, 0.3) is 22.8 Å². The lowest BCUT2D eigenvalue weighted by atomic mass is 10.1. The molecule has 0 aliphatic carbocycles. The van der Waals surface area contributed by atoms with Gasteiger partial charge >= 0.3 is 12.1 Å². The number of alkyl halides is 3. The van der Waals surface area contributed by atoms with Crippen molar-refractivity contribution in [3.63, 3.8) is 0 Å². The van der Waals surface area contributed by atoms with Gasteiger partial charge in [-0.25, -0.2) is 9.78 Å². The SMILES string of the molecule is N#Cc1ccc(-c2oc(-c3ccc(C(F)(F)F)cc3)nc2C(=O)NC(CSCc2ccccc2)C(=O)O)cc1. The van der Waals surface area contributed by atoms with E-state index in [1.54, 1.807) is 0 Å². The number of aromatic nitrogens is 1. The van der Waals surface area contributed by atoms with Gasteiger partial charge in [-0.15, -0.1) is 0 Å². The van der Waals surface area contributed by atoms with Crippen LogP contribution in [-0.4, -0.2) is 33.8 Å². The summed E-state index contributed by atoms with van der Waals surface area (Å²) in [6.45, 7) is 0. The Hall–Kier alpha value is -4.56. The molecular formula is C28H20F3N3O4S. The molecule has 198 valence electrons. The molecule has 4 aromatic rings. The molecule has 0 spiro atoms. The van der Waals surface area contributed by atoms with Crippen LogP contribution in [0.15, 0.2) is 83.3 Å². The molecule has 0 saturated carbocycles. The van der Waals surface area contributed by atoms with Crippen LogP contribution < -0.4 is 5.32 Å². The van der Waals surface area contributed by atoms with Crippen LogP contribution in [0.1, 0.15) is 27.2 Å². The third-order valence-electron chi connectivity index (χ3n) is 5.58. The number of hydrogen-bond acceptors (Lipinski definition) is 6. The van der Waals surface area contributed by atoms with Crippen LogP contribution in [0.4, 0.5) is 13.2 Å². The molecule has 4 rings (SSSR count). The van der Waals surface area contributed by atoms with Crippen LogP contribution in [0.2, 0.25) is 0 Å². The molecule has 1 unspecified atom stereocenters. The summed E-state index contributed by atoms with van der Waals surface area (Å²) in [5.41, 5.74) is 0.807. The van der Waals surface area contributed by atoms with Gasteiger partial charge in [0.05, 0.1) is 17.2 Å². The monoisotopic (exact) mass is 551 g/mol. The zero-order chi connectivity index (χ0) is 28.0. The Morgan fingerprint density at radius 2 is 1.64 bits per heavy atom. The molecule has 2 N–H and O–H groups in total. The molecule has 0 radical (unpaired) electrons. The summed E-state index contributed by atoms with van der Waals surface area (Å²) in [7, 11) is 0. The van der Waals surface area contributed by atoms with E-state index in [2.05, 4.69) is 10.3 Å². The fourth-order valence-corrected chi connectivity index (χ4v) is 4.57. The van der Waals surface area contributed by atoms with Gasteiger partial charge in [-0.2, -0.15) is 30.2 Å². The minimum atomic E-state index is -4.53. The van der Waals surface area contributed by atoms with Crippen LogP contribution >= 0.6 is 11.8 Å². The minimum absolute atomic E-state index is 0.0204. The molecule has 0 fully saturated rings. The van der Waals surface area contributed by atoms with Crippen LogP contribution in [0.3, 0.4) is 0 Å². The van der Waals surface area contributed by atoms with E-state index in [4.69, 9.17) is 9.68 Å².